The molecule has 0 aliphatic heterocycles. The number of nitrogens with one attached hydrogen (secondary N) is 1. The molecule has 1 aliphatic carbocycles. The number of para-hydroxylation sites is 1. The Bertz CT molecular complexity index is 1140. The van der Waals surface area contributed by atoms with Gasteiger partial charge in [0.2, 0.25) is 0 Å². The number of carbonyl (C=O) groups is 1. The molecular formula is C22H20N4OS. The van der Waals surface area contributed by atoms with Crippen molar-refractivity contribution >= 4 is 28.4 Å². The molecule has 6 heteroatoms. The maximum atomic E-state index is 13.6. The lowest BCUT2D eigenvalue weighted by Gasteiger charge is -2.15. The second-order valence-corrected chi connectivity index (χ2v) is 8.27. The smallest absolute Gasteiger partial charge is 0.192 e. The summed E-state index contributed by atoms with van der Waals surface area (Å²) in [5, 5.41) is 10.1. The zero-order chi connectivity index (χ0) is 19.1. The Hall–Kier alpha value is -2.86. The minimum atomic E-state index is -0.379. The van der Waals surface area contributed by atoms with Gasteiger partial charge >= 0.3 is 0 Å². The van der Waals surface area contributed by atoms with E-state index in [1.165, 1.54) is 24.6 Å². The van der Waals surface area contributed by atoms with Gasteiger partial charge in [-0.2, -0.15) is 0 Å². The van der Waals surface area contributed by atoms with Crippen LogP contribution in [0.5, 0.6) is 0 Å². The zero-order valence-corrected chi connectivity index (χ0v) is 16.3. The van der Waals surface area contributed by atoms with Crippen molar-refractivity contribution in [2.24, 2.45) is 7.05 Å². The first-order valence-electron chi connectivity index (χ1n) is 9.43. The molecule has 1 atom stereocenters. The van der Waals surface area contributed by atoms with Crippen molar-refractivity contribution in [1.82, 2.24) is 19.7 Å². The fraction of sp³-hybridized carbons (Fsp3) is 0.227. The van der Waals surface area contributed by atoms with Crippen LogP contribution in [0.2, 0.25) is 0 Å². The Morgan fingerprint density at radius 1 is 1.11 bits per heavy atom. The number of H-pyrrole nitrogens is 1. The summed E-state index contributed by atoms with van der Waals surface area (Å²) < 4.78 is 2.04. The van der Waals surface area contributed by atoms with Crippen molar-refractivity contribution in [3.8, 4) is 0 Å². The van der Waals surface area contributed by atoms with Crippen LogP contribution < -0.4 is 0 Å². The Labute approximate surface area is 167 Å². The predicted molar refractivity (Wildman–Crippen MR) is 111 cm³/mol. The van der Waals surface area contributed by atoms with E-state index in [4.69, 9.17) is 0 Å². The topological polar surface area (TPSA) is 63.6 Å². The fourth-order valence-electron chi connectivity index (χ4n) is 3.55. The van der Waals surface area contributed by atoms with Crippen molar-refractivity contribution in [3.63, 3.8) is 0 Å². The molecule has 28 heavy (non-hydrogen) atoms. The highest BCUT2D eigenvalue weighted by atomic mass is 32.2. The summed E-state index contributed by atoms with van der Waals surface area (Å²) in [5.41, 5.74) is 2.65. The minimum absolute atomic E-state index is 0.0737. The predicted octanol–water partition coefficient (Wildman–Crippen LogP) is 4.89. The number of benzene rings is 2. The van der Waals surface area contributed by atoms with Crippen LogP contribution >= 0.6 is 11.8 Å². The number of carbonyl (C=O) groups excluding carboxylic acids is 1. The molecule has 140 valence electrons. The normalized spacial score (nSPS) is 15.0. The quantitative estimate of drug-likeness (QED) is 0.377. The Morgan fingerprint density at radius 2 is 1.86 bits per heavy atom. The number of hydrogen-bond acceptors (Lipinski definition) is 4. The van der Waals surface area contributed by atoms with Crippen LogP contribution in [0.15, 0.2) is 66.0 Å². The van der Waals surface area contributed by atoms with Gasteiger partial charge in [-0.05, 0) is 24.5 Å². The fourth-order valence-corrected chi connectivity index (χ4v) is 4.63. The van der Waals surface area contributed by atoms with E-state index in [0.717, 1.165) is 27.4 Å². The molecule has 0 spiro atoms. The molecule has 5 rings (SSSR count). The summed E-state index contributed by atoms with van der Waals surface area (Å²) in [6, 6.07) is 17.8. The van der Waals surface area contributed by atoms with E-state index in [0.29, 0.717) is 11.5 Å². The van der Waals surface area contributed by atoms with Crippen LogP contribution in [-0.4, -0.2) is 25.5 Å². The average Bonchev–Trinajstić information content (AvgIpc) is 3.38. The molecule has 1 fully saturated rings. The van der Waals surface area contributed by atoms with Crippen LogP contribution in [0.3, 0.4) is 0 Å². The monoisotopic (exact) mass is 388 g/mol. The van der Waals surface area contributed by atoms with Crippen molar-refractivity contribution in [1.29, 1.82) is 0 Å². The van der Waals surface area contributed by atoms with Crippen LogP contribution in [0.1, 0.15) is 45.8 Å². The molecule has 2 aromatic heterocycles. The van der Waals surface area contributed by atoms with Gasteiger partial charge in [0.05, 0.1) is 0 Å². The molecule has 0 saturated heterocycles. The van der Waals surface area contributed by atoms with Gasteiger partial charge in [0.25, 0.3) is 0 Å². The molecule has 0 bridgehead atoms. The van der Waals surface area contributed by atoms with Crippen LogP contribution in [0.25, 0.3) is 10.9 Å². The summed E-state index contributed by atoms with van der Waals surface area (Å²) in [6.07, 6.45) is 4.16. The lowest BCUT2D eigenvalue weighted by molar-refractivity contribution is 0.0991. The van der Waals surface area contributed by atoms with Gasteiger partial charge in [0.15, 0.2) is 10.9 Å². The van der Waals surface area contributed by atoms with Gasteiger partial charge in [0, 0.05) is 35.6 Å². The summed E-state index contributed by atoms with van der Waals surface area (Å²) in [5.74, 6) is 1.62. The van der Waals surface area contributed by atoms with Crippen LogP contribution in [0, 0.1) is 0 Å². The second-order valence-electron chi connectivity index (χ2n) is 7.19. The van der Waals surface area contributed by atoms with Crippen LogP contribution in [-0.2, 0) is 7.05 Å². The number of rotatable bonds is 6. The SMILES string of the molecule is Cn1c(S[C@H](C(=O)c2c[nH]c3ccccc23)c2ccccc2)nnc1C1CC1. The molecule has 2 aromatic carbocycles. The van der Waals surface area contributed by atoms with Gasteiger partial charge in [-0.3, -0.25) is 4.79 Å². The summed E-state index contributed by atoms with van der Waals surface area (Å²) >= 11 is 1.48. The van der Waals surface area contributed by atoms with E-state index in [1.54, 1.807) is 0 Å². The lowest BCUT2D eigenvalue weighted by atomic mass is 10.0. The van der Waals surface area contributed by atoms with E-state index < -0.39 is 0 Å². The molecule has 1 aliphatic rings. The highest BCUT2D eigenvalue weighted by molar-refractivity contribution is 8.00. The number of nitrogens with zero attached hydrogens (tertiary/aromatic N) is 3. The number of aromatic nitrogens is 4. The summed E-state index contributed by atoms with van der Waals surface area (Å²) in [7, 11) is 1.99. The first kappa shape index (κ1) is 17.3. The minimum Gasteiger partial charge on any atom is -0.360 e. The van der Waals surface area contributed by atoms with E-state index >= 15 is 0 Å². The van der Waals surface area contributed by atoms with E-state index in [9.17, 15) is 4.79 Å². The van der Waals surface area contributed by atoms with Gasteiger partial charge in [0.1, 0.15) is 11.1 Å². The molecule has 0 radical (unpaired) electrons. The summed E-state index contributed by atoms with van der Waals surface area (Å²) in [6.45, 7) is 0. The van der Waals surface area contributed by atoms with Crippen molar-refractivity contribution in [2.75, 3.05) is 0 Å². The molecule has 1 N–H and O–H groups in total. The standard InChI is InChI=1S/C22H20N4OS/c1-26-21(15-11-12-15)24-25-22(26)28-20(14-7-3-2-4-8-14)19(27)17-13-23-18-10-6-5-9-16(17)18/h2-10,13,15,20,23H,11-12H2,1H3/t20-/m0/s1. The maximum Gasteiger partial charge on any atom is 0.192 e. The molecule has 5 nitrogen and oxygen atoms in total. The average molecular weight is 388 g/mol. The number of thioether (sulfide) groups is 1. The van der Waals surface area contributed by atoms with E-state index in [2.05, 4.69) is 15.2 Å². The zero-order valence-electron chi connectivity index (χ0n) is 15.5. The largest absolute Gasteiger partial charge is 0.360 e. The second kappa shape index (κ2) is 6.95. The van der Waals surface area contributed by atoms with Crippen molar-refractivity contribution < 1.29 is 4.79 Å². The highest BCUT2D eigenvalue weighted by Gasteiger charge is 2.32. The van der Waals surface area contributed by atoms with E-state index in [-0.39, 0.29) is 11.0 Å². The summed E-state index contributed by atoms with van der Waals surface area (Å²) in [4.78, 5) is 16.8. The first-order chi connectivity index (χ1) is 13.7. The molecule has 1 saturated carbocycles. The van der Waals surface area contributed by atoms with Gasteiger partial charge in [-0.1, -0.05) is 60.3 Å². The molecule has 0 amide bonds. The van der Waals surface area contributed by atoms with Crippen molar-refractivity contribution in [3.05, 3.63) is 77.7 Å². The lowest BCUT2D eigenvalue weighted by Crippen LogP contribution is -2.11. The number of ketones is 1. The molecule has 2 heterocycles. The maximum absolute atomic E-state index is 13.6. The molecular weight excluding hydrogens is 368 g/mol. The third kappa shape index (κ3) is 3.03. The van der Waals surface area contributed by atoms with Crippen LogP contribution in [0.4, 0.5) is 0 Å². The number of Topliss-reactive ketones (excluding diaryl/α,β-unsaturated/α-hetero) is 1. The van der Waals surface area contributed by atoms with Crippen molar-refractivity contribution in [2.45, 2.75) is 29.2 Å². The number of fused-ring (bicyclic) bond motifs is 1. The van der Waals surface area contributed by atoms with E-state index in [1.807, 2.05) is 72.4 Å². The Balaban J connectivity index is 1.54. The third-order valence-electron chi connectivity index (χ3n) is 5.23. The molecule has 0 unspecified atom stereocenters. The van der Waals surface area contributed by atoms with Gasteiger partial charge < -0.3 is 9.55 Å². The number of hydrogen-bond donors (Lipinski definition) is 1. The Kier molecular flexibility index (Phi) is 4.28. The van der Waals surface area contributed by atoms with Gasteiger partial charge in [-0.25, -0.2) is 0 Å². The number of aromatic amines is 1. The van der Waals surface area contributed by atoms with Gasteiger partial charge in [-0.15, -0.1) is 10.2 Å². The Morgan fingerprint density at radius 3 is 2.64 bits per heavy atom. The first-order valence-corrected chi connectivity index (χ1v) is 10.3. The highest BCUT2D eigenvalue weighted by Crippen LogP contribution is 2.42. The molecule has 4 aromatic rings. The third-order valence-corrected chi connectivity index (χ3v) is 6.52.